The highest BCUT2D eigenvalue weighted by molar-refractivity contribution is 5.79. The van der Waals surface area contributed by atoms with E-state index in [9.17, 15) is 4.79 Å². The van der Waals surface area contributed by atoms with Gasteiger partial charge in [-0.1, -0.05) is 0 Å². The fourth-order valence-corrected chi connectivity index (χ4v) is 3.28. The van der Waals surface area contributed by atoms with Crippen LogP contribution in [0.5, 0.6) is 0 Å². The van der Waals surface area contributed by atoms with Gasteiger partial charge >= 0.3 is 5.76 Å². The summed E-state index contributed by atoms with van der Waals surface area (Å²) in [5, 5.41) is 3.39. The van der Waals surface area contributed by atoms with Gasteiger partial charge < -0.3 is 14.6 Å². The van der Waals surface area contributed by atoms with Gasteiger partial charge in [0.15, 0.2) is 5.58 Å². The molecular weight excluding hydrogens is 302 g/mol. The number of anilines is 3. The Kier molecular flexibility index (Phi) is 3.76. The minimum absolute atomic E-state index is 0.340. The van der Waals surface area contributed by atoms with Crippen LogP contribution in [0.4, 0.5) is 17.1 Å². The van der Waals surface area contributed by atoms with Gasteiger partial charge in [-0.15, -0.1) is 0 Å². The summed E-state index contributed by atoms with van der Waals surface area (Å²) in [7, 11) is 1.71. The van der Waals surface area contributed by atoms with E-state index >= 15 is 0 Å². The summed E-state index contributed by atoms with van der Waals surface area (Å²) in [6.07, 6.45) is 3.90. The predicted molar refractivity (Wildman–Crippen MR) is 97.2 cm³/mol. The quantitative estimate of drug-likeness (QED) is 0.795. The Bertz CT molecular complexity index is 903. The zero-order valence-electron chi connectivity index (χ0n) is 13.8. The Morgan fingerprint density at radius 1 is 0.958 bits per heavy atom. The molecule has 1 aliphatic heterocycles. The summed E-state index contributed by atoms with van der Waals surface area (Å²) in [5.74, 6) is -0.340. The molecule has 1 saturated heterocycles. The molecule has 0 atom stereocenters. The van der Waals surface area contributed by atoms with Gasteiger partial charge in [0.2, 0.25) is 0 Å². The first-order chi connectivity index (χ1) is 11.7. The fourth-order valence-electron chi connectivity index (χ4n) is 3.28. The lowest BCUT2D eigenvalue weighted by Crippen LogP contribution is -2.29. The lowest BCUT2D eigenvalue weighted by atomic mass is 10.1. The molecule has 1 aromatic heterocycles. The van der Waals surface area contributed by atoms with Gasteiger partial charge in [0.1, 0.15) is 0 Å². The predicted octanol–water partition coefficient (Wildman–Crippen LogP) is 3.87. The molecule has 0 bridgehead atoms. The van der Waals surface area contributed by atoms with Gasteiger partial charge in [-0.05, 0) is 61.7 Å². The number of nitrogens with one attached hydrogen (secondary N) is 1. The normalized spacial score (nSPS) is 15.0. The van der Waals surface area contributed by atoms with Crippen LogP contribution in [0.15, 0.2) is 51.7 Å². The number of aromatic nitrogens is 1. The Morgan fingerprint density at radius 3 is 2.42 bits per heavy atom. The van der Waals surface area contributed by atoms with Crippen molar-refractivity contribution in [3.63, 3.8) is 0 Å². The van der Waals surface area contributed by atoms with E-state index in [2.05, 4.69) is 34.5 Å². The minimum atomic E-state index is -0.340. The van der Waals surface area contributed by atoms with E-state index in [-0.39, 0.29) is 5.76 Å². The number of aryl methyl sites for hydroxylation is 1. The molecule has 0 radical (unpaired) electrons. The van der Waals surface area contributed by atoms with Crippen LogP contribution in [0.2, 0.25) is 0 Å². The van der Waals surface area contributed by atoms with Crippen molar-refractivity contribution in [1.82, 2.24) is 4.57 Å². The molecule has 1 N–H and O–H groups in total. The Hall–Kier alpha value is -2.69. The number of nitrogens with zero attached hydrogens (tertiary/aromatic N) is 2. The van der Waals surface area contributed by atoms with Crippen molar-refractivity contribution >= 4 is 28.2 Å². The van der Waals surface area contributed by atoms with Crippen LogP contribution in [-0.4, -0.2) is 17.7 Å². The number of hydrogen-bond acceptors (Lipinski definition) is 4. The van der Waals surface area contributed by atoms with Crippen LogP contribution in [0.25, 0.3) is 11.1 Å². The van der Waals surface area contributed by atoms with E-state index in [1.165, 1.54) is 29.5 Å². The number of hydrogen-bond donors (Lipinski definition) is 1. The van der Waals surface area contributed by atoms with Gasteiger partial charge in [0.05, 0.1) is 5.52 Å². The van der Waals surface area contributed by atoms with Crippen LogP contribution >= 0.6 is 0 Å². The maximum atomic E-state index is 11.6. The van der Waals surface area contributed by atoms with Crippen molar-refractivity contribution < 1.29 is 4.42 Å². The minimum Gasteiger partial charge on any atom is -0.408 e. The van der Waals surface area contributed by atoms with E-state index in [1.807, 2.05) is 18.2 Å². The molecule has 1 fully saturated rings. The first-order valence-electron chi connectivity index (χ1n) is 8.42. The molecule has 0 amide bonds. The van der Waals surface area contributed by atoms with Gasteiger partial charge in [-0.3, -0.25) is 4.57 Å². The summed E-state index contributed by atoms with van der Waals surface area (Å²) in [6.45, 7) is 2.30. The summed E-state index contributed by atoms with van der Waals surface area (Å²) in [6, 6.07) is 14.2. The molecule has 0 saturated carbocycles. The van der Waals surface area contributed by atoms with Crippen LogP contribution < -0.4 is 16.0 Å². The molecule has 1 aliphatic rings. The molecule has 2 aromatic carbocycles. The molecule has 24 heavy (non-hydrogen) atoms. The van der Waals surface area contributed by atoms with Gasteiger partial charge in [0.25, 0.3) is 0 Å². The Balaban J connectivity index is 1.54. The maximum absolute atomic E-state index is 11.6. The molecule has 2 heterocycles. The van der Waals surface area contributed by atoms with E-state index < -0.39 is 0 Å². The maximum Gasteiger partial charge on any atom is 0.419 e. The molecule has 5 heteroatoms. The molecule has 0 aliphatic carbocycles. The third kappa shape index (κ3) is 2.77. The zero-order chi connectivity index (χ0) is 16.5. The average Bonchev–Trinajstić information content (AvgIpc) is 2.91. The van der Waals surface area contributed by atoms with Crippen LogP contribution in [0, 0.1) is 0 Å². The van der Waals surface area contributed by atoms with Crippen molar-refractivity contribution in [2.75, 3.05) is 23.3 Å². The van der Waals surface area contributed by atoms with Crippen molar-refractivity contribution in [2.24, 2.45) is 7.05 Å². The number of rotatable bonds is 3. The molecule has 0 spiro atoms. The van der Waals surface area contributed by atoms with E-state index in [4.69, 9.17) is 4.42 Å². The Morgan fingerprint density at radius 2 is 1.67 bits per heavy atom. The molecule has 0 unspecified atom stereocenters. The van der Waals surface area contributed by atoms with Crippen molar-refractivity contribution in [1.29, 1.82) is 0 Å². The highest BCUT2D eigenvalue weighted by Gasteiger charge is 2.11. The highest BCUT2D eigenvalue weighted by atomic mass is 16.4. The van der Waals surface area contributed by atoms with Crippen LogP contribution in [-0.2, 0) is 7.05 Å². The largest absolute Gasteiger partial charge is 0.419 e. The monoisotopic (exact) mass is 323 g/mol. The smallest absolute Gasteiger partial charge is 0.408 e. The SMILES string of the molecule is Cn1c(=O)oc2ccc(Nc3ccc(N4CCCCC4)cc3)cc21. The summed E-state index contributed by atoms with van der Waals surface area (Å²) < 4.78 is 6.67. The second kappa shape index (κ2) is 6.07. The van der Waals surface area contributed by atoms with Crippen molar-refractivity contribution in [3.8, 4) is 0 Å². The number of oxazole rings is 1. The number of benzene rings is 2. The average molecular weight is 323 g/mol. The summed E-state index contributed by atoms with van der Waals surface area (Å²) in [5.41, 5.74) is 4.64. The second-order valence-electron chi connectivity index (χ2n) is 6.33. The molecule has 4 rings (SSSR count). The summed E-state index contributed by atoms with van der Waals surface area (Å²) in [4.78, 5) is 14.0. The third-order valence-electron chi connectivity index (χ3n) is 4.67. The highest BCUT2D eigenvalue weighted by Crippen LogP contribution is 2.25. The molecule has 5 nitrogen and oxygen atoms in total. The molecular formula is C19H21N3O2. The second-order valence-corrected chi connectivity index (χ2v) is 6.33. The van der Waals surface area contributed by atoms with Gasteiger partial charge in [0, 0.05) is 37.2 Å². The van der Waals surface area contributed by atoms with Crippen molar-refractivity contribution in [3.05, 3.63) is 53.0 Å². The lowest BCUT2D eigenvalue weighted by molar-refractivity contribution is 0.528. The number of piperidine rings is 1. The van der Waals surface area contributed by atoms with E-state index in [1.54, 1.807) is 7.05 Å². The van der Waals surface area contributed by atoms with E-state index in [0.717, 1.165) is 30.0 Å². The Labute approximate surface area is 140 Å². The number of fused-ring (bicyclic) bond motifs is 1. The van der Waals surface area contributed by atoms with Crippen LogP contribution in [0.3, 0.4) is 0 Å². The van der Waals surface area contributed by atoms with E-state index in [0.29, 0.717) is 5.58 Å². The zero-order valence-corrected chi connectivity index (χ0v) is 13.8. The first-order valence-corrected chi connectivity index (χ1v) is 8.42. The standard InChI is InChI=1S/C19H21N3O2/c1-21-17-13-15(7-10-18(17)24-19(21)23)20-14-5-8-16(9-6-14)22-11-3-2-4-12-22/h5-10,13,20H,2-4,11-12H2,1H3. The first kappa shape index (κ1) is 14.9. The van der Waals surface area contributed by atoms with Gasteiger partial charge in [-0.2, -0.15) is 0 Å². The fraction of sp³-hybridized carbons (Fsp3) is 0.316. The van der Waals surface area contributed by atoms with Gasteiger partial charge in [-0.25, -0.2) is 4.79 Å². The summed E-state index contributed by atoms with van der Waals surface area (Å²) >= 11 is 0. The molecule has 3 aromatic rings. The van der Waals surface area contributed by atoms with Crippen molar-refractivity contribution in [2.45, 2.75) is 19.3 Å². The lowest BCUT2D eigenvalue weighted by Gasteiger charge is -2.28. The molecule has 124 valence electrons. The van der Waals surface area contributed by atoms with Crippen LogP contribution in [0.1, 0.15) is 19.3 Å². The topological polar surface area (TPSA) is 50.4 Å². The third-order valence-corrected chi connectivity index (χ3v) is 4.67.